The van der Waals surface area contributed by atoms with Crippen molar-refractivity contribution in [1.82, 2.24) is 9.97 Å². The quantitative estimate of drug-likeness (QED) is 0.569. The largest absolute Gasteiger partial charge is 0.497 e. The highest BCUT2D eigenvalue weighted by molar-refractivity contribution is 5.89. The second-order valence-corrected chi connectivity index (χ2v) is 5.60. The number of benzene rings is 2. The van der Waals surface area contributed by atoms with E-state index >= 15 is 0 Å². The number of nitrogens with zero attached hydrogens (tertiary/aromatic N) is 2. The van der Waals surface area contributed by atoms with Crippen LogP contribution in [0.4, 0.5) is 17.3 Å². The zero-order valence-electron chi connectivity index (χ0n) is 14.8. The number of anilines is 3. The van der Waals surface area contributed by atoms with Gasteiger partial charge in [-0.15, -0.1) is 0 Å². The van der Waals surface area contributed by atoms with Crippen molar-refractivity contribution in [3.63, 3.8) is 0 Å². The molecule has 138 valence electrons. The van der Waals surface area contributed by atoms with E-state index in [1.807, 2.05) is 6.07 Å². The third-order valence-electron chi connectivity index (χ3n) is 3.83. The van der Waals surface area contributed by atoms with Crippen LogP contribution in [0.15, 0.2) is 48.7 Å². The minimum atomic E-state index is -1.06. The molecule has 8 heteroatoms. The fraction of sp³-hybridized carbons (Fsp3) is 0.105. The molecule has 0 bridgehead atoms. The smallest absolute Gasteiger partial charge is 0.335 e. The highest BCUT2D eigenvalue weighted by atomic mass is 16.5. The lowest BCUT2D eigenvalue weighted by molar-refractivity contribution is 0.0696. The van der Waals surface area contributed by atoms with Crippen LogP contribution >= 0.6 is 0 Å². The van der Waals surface area contributed by atoms with Gasteiger partial charge >= 0.3 is 5.97 Å². The van der Waals surface area contributed by atoms with E-state index < -0.39 is 5.97 Å². The van der Waals surface area contributed by atoms with Gasteiger partial charge in [-0.2, -0.15) is 0 Å². The van der Waals surface area contributed by atoms with Crippen LogP contribution in [-0.4, -0.2) is 35.3 Å². The van der Waals surface area contributed by atoms with Crippen LogP contribution in [0.3, 0.4) is 0 Å². The summed E-state index contributed by atoms with van der Waals surface area (Å²) in [5, 5.41) is 12.2. The maximum absolute atomic E-state index is 11.3. The molecule has 1 aromatic heterocycles. The number of nitrogens with two attached hydrogens (primary N) is 1. The van der Waals surface area contributed by atoms with E-state index in [2.05, 4.69) is 15.3 Å². The van der Waals surface area contributed by atoms with Gasteiger partial charge in [0.15, 0.2) is 0 Å². The van der Waals surface area contributed by atoms with Crippen LogP contribution in [0.1, 0.15) is 10.4 Å². The van der Waals surface area contributed by atoms with Gasteiger partial charge in [0.25, 0.3) is 0 Å². The molecule has 0 aliphatic carbocycles. The summed E-state index contributed by atoms with van der Waals surface area (Å²) in [5.41, 5.74) is 8.51. The van der Waals surface area contributed by atoms with Gasteiger partial charge in [-0.25, -0.2) is 14.8 Å². The first-order valence-electron chi connectivity index (χ1n) is 7.96. The Hall–Kier alpha value is -3.81. The number of carboxylic acid groups (broad SMARTS) is 1. The molecule has 3 rings (SSSR count). The summed E-state index contributed by atoms with van der Waals surface area (Å²) >= 11 is 0. The molecule has 0 unspecified atom stereocenters. The normalized spacial score (nSPS) is 10.3. The number of hydrogen-bond acceptors (Lipinski definition) is 7. The molecule has 8 nitrogen and oxygen atoms in total. The topological polar surface area (TPSA) is 120 Å². The second-order valence-electron chi connectivity index (χ2n) is 5.60. The Balaban J connectivity index is 1.91. The molecule has 4 N–H and O–H groups in total. The molecule has 0 aliphatic rings. The summed E-state index contributed by atoms with van der Waals surface area (Å²) in [5.74, 6) is 0.257. The van der Waals surface area contributed by atoms with Crippen molar-refractivity contribution in [2.24, 2.45) is 0 Å². The molecule has 27 heavy (non-hydrogen) atoms. The Morgan fingerprint density at radius 3 is 2.59 bits per heavy atom. The van der Waals surface area contributed by atoms with Gasteiger partial charge in [0.05, 0.1) is 31.2 Å². The summed E-state index contributed by atoms with van der Waals surface area (Å²) in [6, 6.07) is 11.7. The Labute approximate surface area is 155 Å². The highest BCUT2D eigenvalue weighted by Gasteiger charge is 2.10. The van der Waals surface area contributed by atoms with Gasteiger partial charge in [-0.05, 0) is 36.4 Å². The van der Waals surface area contributed by atoms with E-state index in [0.717, 1.165) is 5.56 Å². The molecule has 0 saturated heterocycles. The first-order valence-corrected chi connectivity index (χ1v) is 7.96. The van der Waals surface area contributed by atoms with Crippen LogP contribution in [0.25, 0.3) is 11.3 Å². The standard InChI is InChI=1S/C19H18N4O4/c1-26-14-8-12(18(24)25)7-13(10-14)22-19-21-6-5-16(23-19)11-3-4-17(27-2)15(20)9-11/h3-10H,20H2,1-2H3,(H,24,25)(H,21,22,23). The highest BCUT2D eigenvalue weighted by Crippen LogP contribution is 2.28. The lowest BCUT2D eigenvalue weighted by Crippen LogP contribution is -2.02. The monoisotopic (exact) mass is 366 g/mol. The number of methoxy groups -OCH3 is 2. The zero-order valence-corrected chi connectivity index (χ0v) is 14.8. The first kappa shape index (κ1) is 18.0. The van der Waals surface area contributed by atoms with Crippen molar-refractivity contribution in [1.29, 1.82) is 0 Å². The molecule has 0 saturated carbocycles. The van der Waals surface area contributed by atoms with Crippen molar-refractivity contribution in [2.45, 2.75) is 0 Å². The average Bonchev–Trinajstić information content (AvgIpc) is 2.67. The van der Waals surface area contributed by atoms with Gasteiger partial charge < -0.3 is 25.6 Å². The molecular weight excluding hydrogens is 348 g/mol. The minimum absolute atomic E-state index is 0.0935. The van der Waals surface area contributed by atoms with Crippen molar-refractivity contribution in [3.8, 4) is 22.8 Å². The Morgan fingerprint density at radius 1 is 1.11 bits per heavy atom. The van der Waals surface area contributed by atoms with E-state index in [-0.39, 0.29) is 5.56 Å². The van der Waals surface area contributed by atoms with Crippen LogP contribution in [-0.2, 0) is 0 Å². The van der Waals surface area contributed by atoms with E-state index in [9.17, 15) is 9.90 Å². The van der Waals surface area contributed by atoms with Crippen LogP contribution in [0.2, 0.25) is 0 Å². The van der Waals surface area contributed by atoms with Crippen molar-refractivity contribution < 1.29 is 19.4 Å². The molecule has 2 aromatic carbocycles. The van der Waals surface area contributed by atoms with Gasteiger partial charge in [0.1, 0.15) is 11.5 Å². The molecule has 0 radical (unpaired) electrons. The van der Waals surface area contributed by atoms with Crippen LogP contribution < -0.4 is 20.5 Å². The number of nitrogens with one attached hydrogen (secondary N) is 1. The van der Waals surface area contributed by atoms with Crippen molar-refractivity contribution >= 4 is 23.3 Å². The van der Waals surface area contributed by atoms with Crippen LogP contribution in [0, 0.1) is 0 Å². The molecule has 0 aliphatic heterocycles. The maximum atomic E-state index is 11.3. The number of carboxylic acids is 1. The van der Waals surface area contributed by atoms with Crippen molar-refractivity contribution in [3.05, 3.63) is 54.2 Å². The molecule has 3 aromatic rings. The fourth-order valence-electron chi connectivity index (χ4n) is 2.52. The summed E-state index contributed by atoms with van der Waals surface area (Å²) in [4.78, 5) is 19.9. The lowest BCUT2D eigenvalue weighted by atomic mass is 10.1. The minimum Gasteiger partial charge on any atom is -0.497 e. The molecule has 0 fully saturated rings. The average molecular weight is 366 g/mol. The van der Waals surface area contributed by atoms with E-state index in [1.54, 1.807) is 37.6 Å². The van der Waals surface area contributed by atoms with E-state index in [4.69, 9.17) is 15.2 Å². The number of nitrogen functional groups attached to an aromatic ring is 1. The SMILES string of the molecule is COc1cc(Nc2nccc(-c3ccc(OC)c(N)c3)n2)cc(C(=O)O)c1. The van der Waals surface area contributed by atoms with Crippen molar-refractivity contribution in [2.75, 3.05) is 25.3 Å². The van der Waals surface area contributed by atoms with Gasteiger partial charge in [-0.1, -0.05) is 0 Å². The summed E-state index contributed by atoms with van der Waals surface area (Å²) in [6.07, 6.45) is 1.60. The Kier molecular flexibility index (Phi) is 5.07. The zero-order chi connectivity index (χ0) is 19.4. The number of aromatic nitrogens is 2. The maximum Gasteiger partial charge on any atom is 0.335 e. The van der Waals surface area contributed by atoms with Gasteiger partial charge in [0, 0.05) is 23.5 Å². The number of rotatable bonds is 6. The third-order valence-corrected chi connectivity index (χ3v) is 3.83. The predicted octanol–water partition coefficient (Wildman–Crippen LogP) is 3.18. The second kappa shape index (κ2) is 7.61. The van der Waals surface area contributed by atoms with Crippen LogP contribution in [0.5, 0.6) is 11.5 Å². The lowest BCUT2D eigenvalue weighted by Gasteiger charge is -2.10. The van der Waals surface area contributed by atoms with E-state index in [0.29, 0.717) is 34.5 Å². The van der Waals surface area contributed by atoms with Gasteiger partial charge in [-0.3, -0.25) is 0 Å². The third kappa shape index (κ3) is 4.06. The first-order chi connectivity index (χ1) is 13.0. The Bertz CT molecular complexity index is 991. The predicted molar refractivity (Wildman–Crippen MR) is 102 cm³/mol. The molecule has 0 amide bonds. The fourth-order valence-corrected chi connectivity index (χ4v) is 2.52. The summed E-state index contributed by atoms with van der Waals surface area (Å²) in [7, 11) is 3.02. The summed E-state index contributed by atoms with van der Waals surface area (Å²) < 4.78 is 10.3. The number of ether oxygens (including phenoxy) is 2. The molecule has 0 spiro atoms. The van der Waals surface area contributed by atoms with E-state index in [1.165, 1.54) is 19.2 Å². The molecule has 0 atom stereocenters. The number of aromatic carboxylic acids is 1. The summed E-state index contributed by atoms with van der Waals surface area (Å²) in [6.45, 7) is 0. The Morgan fingerprint density at radius 2 is 1.93 bits per heavy atom. The number of carbonyl (C=O) groups is 1. The molecular formula is C19H18N4O4. The number of hydrogen-bond donors (Lipinski definition) is 3. The molecule has 1 heterocycles. The van der Waals surface area contributed by atoms with Gasteiger partial charge in [0.2, 0.25) is 5.95 Å².